The molecule has 1 aliphatic heterocycles. The standard InChI is InChI=1S/C15H20BrNO/c16-14-8-12(13-2-1-7-17-9-13)5-6-15(14)18-10-11-3-4-11/h5-6,8,11,13,17H,1-4,7,9-10H2. The Morgan fingerprint density at radius 1 is 1.28 bits per heavy atom. The van der Waals surface area contributed by atoms with E-state index in [9.17, 15) is 0 Å². The van der Waals surface area contributed by atoms with Crippen molar-refractivity contribution in [3.8, 4) is 5.75 Å². The largest absolute Gasteiger partial charge is 0.492 e. The zero-order chi connectivity index (χ0) is 12.4. The van der Waals surface area contributed by atoms with Crippen molar-refractivity contribution in [3.05, 3.63) is 28.2 Å². The minimum absolute atomic E-state index is 0.660. The molecule has 1 aromatic carbocycles. The van der Waals surface area contributed by atoms with Crippen LogP contribution in [0.5, 0.6) is 5.75 Å². The first-order valence-corrected chi connectivity index (χ1v) is 7.75. The van der Waals surface area contributed by atoms with Gasteiger partial charge in [0.1, 0.15) is 5.75 Å². The molecule has 0 bridgehead atoms. The summed E-state index contributed by atoms with van der Waals surface area (Å²) < 4.78 is 6.94. The van der Waals surface area contributed by atoms with Crippen LogP contribution in [0.25, 0.3) is 0 Å². The van der Waals surface area contributed by atoms with Crippen LogP contribution in [0.15, 0.2) is 22.7 Å². The van der Waals surface area contributed by atoms with Gasteiger partial charge in [0.2, 0.25) is 0 Å². The topological polar surface area (TPSA) is 21.3 Å². The van der Waals surface area contributed by atoms with Gasteiger partial charge in [-0.1, -0.05) is 6.07 Å². The molecule has 0 aromatic heterocycles. The van der Waals surface area contributed by atoms with Gasteiger partial charge in [0.05, 0.1) is 11.1 Å². The smallest absolute Gasteiger partial charge is 0.133 e. The second-order valence-electron chi connectivity index (χ2n) is 5.49. The molecule has 1 aromatic rings. The third-order valence-corrected chi connectivity index (χ3v) is 4.52. The Bertz CT molecular complexity index is 411. The Morgan fingerprint density at radius 2 is 2.17 bits per heavy atom. The van der Waals surface area contributed by atoms with E-state index in [4.69, 9.17) is 4.74 Å². The van der Waals surface area contributed by atoms with Crippen LogP contribution in [-0.4, -0.2) is 19.7 Å². The summed E-state index contributed by atoms with van der Waals surface area (Å²) in [6.07, 6.45) is 5.25. The molecule has 1 heterocycles. The van der Waals surface area contributed by atoms with Crippen LogP contribution in [0.4, 0.5) is 0 Å². The quantitative estimate of drug-likeness (QED) is 0.915. The van der Waals surface area contributed by atoms with Crippen LogP contribution in [0.1, 0.15) is 37.2 Å². The maximum atomic E-state index is 5.84. The van der Waals surface area contributed by atoms with Gasteiger partial charge in [-0.3, -0.25) is 0 Å². The predicted octanol–water partition coefficient (Wildman–Crippen LogP) is 3.70. The molecule has 2 fully saturated rings. The fourth-order valence-corrected chi connectivity index (χ4v) is 3.03. The summed E-state index contributed by atoms with van der Waals surface area (Å²) in [5, 5.41) is 3.47. The highest BCUT2D eigenvalue weighted by Gasteiger charge is 2.22. The van der Waals surface area contributed by atoms with Crippen molar-refractivity contribution in [1.82, 2.24) is 5.32 Å². The molecule has 3 heteroatoms. The van der Waals surface area contributed by atoms with Crippen molar-refractivity contribution in [2.24, 2.45) is 5.92 Å². The summed E-state index contributed by atoms with van der Waals surface area (Å²) >= 11 is 3.64. The van der Waals surface area contributed by atoms with E-state index in [1.54, 1.807) is 0 Å². The number of ether oxygens (including phenoxy) is 1. The molecular formula is C15H20BrNO. The van der Waals surface area contributed by atoms with Crippen LogP contribution in [-0.2, 0) is 0 Å². The third-order valence-electron chi connectivity index (χ3n) is 3.90. The van der Waals surface area contributed by atoms with E-state index in [0.717, 1.165) is 29.3 Å². The highest BCUT2D eigenvalue weighted by molar-refractivity contribution is 9.10. The van der Waals surface area contributed by atoms with E-state index in [-0.39, 0.29) is 0 Å². The summed E-state index contributed by atoms with van der Waals surface area (Å²) in [4.78, 5) is 0. The summed E-state index contributed by atoms with van der Waals surface area (Å²) in [6.45, 7) is 3.15. The zero-order valence-corrected chi connectivity index (χ0v) is 12.2. The average molecular weight is 310 g/mol. The van der Waals surface area contributed by atoms with Gasteiger partial charge in [0, 0.05) is 6.54 Å². The van der Waals surface area contributed by atoms with Gasteiger partial charge in [-0.25, -0.2) is 0 Å². The van der Waals surface area contributed by atoms with Crippen molar-refractivity contribution in [2.75, 3.05) is 19.7 Å². The van der Waals surface area contributed by atoms with Crippen LogP contribution in [0.2, 0.25) is 0 Å². The van der Waals surface area contributed by atoms with Crippen LogP contribution in [0, 0.1) is 5.92 Å². The van der Waals surface area contributed by atoms with Gasteiger partial charge in [-0.2, -0.15) is 0 Å². The van der Waals surface area contributed by atoms with E-state index >= 15 is 0 Å². The maximum absolute atomic E-state index is 5.84. The molecule has 1 saturated heterocycles. The zero-order valence-electron chi connectivity index (χ0n) is 10.6. The van der Waals surface area contributed by atoms with Crippen molar-refractivity contribution in [3.63, 3.8) is 0 Å². The van der Waals surface area contributed by atoms with Crippen LogP contribution >= 0.6 is 15.9 Å². The minimum Gasteiger partial charge on any atom is -0.492 e. The number of piperidine rings is 1. The second-order valence-corrected chi connectivity index (χ2v) is 6.34. The third kappa shape index (κ3) is 3.07. The minimum atomic E-state index is 0.660. The summed E-state index contributed by atoms with van der Waals surface area (Å²) in [6, 6.07) is 6.58. The molecule has 3 rings (SSSR count). The molecule has 18 heavy (non-hydrogen) atoms. The van der Waals surface area contributed by atoms with Crippen LogP contribution in [0.3, 0.4) is 0 Å². The Morgan fingerprint density at radius 3 is 2.83 bits per heavy atom. The van der Waals surface area contributed by atoms with Crippen molar-refractivity contribution < 1.29 is 4.74 Å². The van der Waals surface area contributed by atoms with Crippen molar-refractivity contribution >= 4 is 15.9 Å². The molecule has 2 aliphatic rings. The lowest BCUT2D eigenvalue weighted by atomic mass is 9.92. The molecule has 1 unspecified atom stereocenters. The Labute approximate surface area is 117 Å². The Balaban J connectivity index is 1.66. The van der Waals surface area contributed by atoms with Gasteiger partial charge in [-0.05, 0) is 77.7 Å². The van der Waals surface area contributed by atoms with E-state index < -0.39 is 0 Å². The lowest BCUT2D eigenvalue weighted by molar-refractivity contribution is 0.298. The monoisotopic (exact) mass is 309 g/mol. The summed E-state index contributed by atoms with van der Waals surface area (Å²) in [5.41, 5.74) is 1.42. The Hall–Kier alpha value is -0.540. The molecule has 1 saturated carbocycles. The lowest BCUT2D eigenvalue weighted by Crippen LogP contribution is -2.28. The summed E-state index contributed by atoms with van der Waals surface area (Å²) in [7, 11) is 0. The van der Waals surface area contributed by atoms with Gasteiger partial charge in [-0.15, -0.1) is 0 Å². The molecule has 2 nitrogen and oxygen atoms in total. The highest BCUT2D eigenvalue weighted by Crippen LogP contribution is 2.34. The number of halogens is 1. The molecule has 0 amide bonds. The van der Waals surface area contributed by atoms with Gasteiger partial charge in [0.15, 0.2) is 0 Å². The van der Waals surface area contributed by atoms with E-state index in [2.05, 4.69) is 39.4 Å². The molecule has 0 spiro atoms. The second kappa shape index (κ2) is 5.62. The number of nitrogens with one attached hydrogen (secondary N) is 1. The first kappa shape index (κ1) is 12.5. The van der Waals surface area contributed by atoms with E-state index in [1.807, 2.05) is 0 Å². The average Bonchev–Trinajstić information content (AvgIpc) is 3.22. The molecule has 1 atom stereocenters. The molecular weight excluding hydrogens is 290 g/mol. The van der Waals surface area contributed by atoms with Crippen molar-refractivity contribution in [2.45, 2.75) is 31.6 Å². The molecule has 1 aliphatic carbocycles. The fraction of sp³-hybridized carbons (Fsp3) is 0.600. The Kier molecular flexibility index (Phi) is 3.90. The number of hydrogen-bond acceptors (Lipinski definition) is 2. The fourth-order valence-electron chi connectivity index (χ4n) is 2.52. The van der Waals surface area contributed by atoms with E-state index in [1.165, 1.54) is 37.8 Å². The lowest BCUT2D eigenvalue weighted by Gasteiger charge is -2.23. The predicted molar refractivity (Wildman–Crippen MR) is 77.2 cm³/mol. The summed E-state index contributed by atoms with van der Waals surface area (Å²) in [5.74, 6) is 2.46. The van der Waals surface area contributed by atoms with Gasteiger partial charge >= 0.3 is 0 Å². The highest BCUT2D eigenvalue weighted by atomic mass is 79.9. The first-order valence-electron chi connectivity index (χ1n) is 6.96. The van der Waals surface area contributed by atoms with Crippen LogP contribution < -0.4 is 10.1 Å². The molecule has 1 N–H and O–H groups in total. The van der Waals surface area contributed by atoms with Crippen molar-refractivity contribution in [1.29, 1.82) is 0 Å². The number of hydrogen-bond donors (Lipinski definition) is 1. The first-order chi connectivity index (χ1) is 8.83. The SMILES string of the molecule is Brc1cc(C2CCCNC2)ccc1OCC1CC1. The van der Waals surface area contributed by atoms with E-state index in [0.29, 0.717) is 5.92 Å². The molecule has 0 radical (unpaired) electrons. The van der Waals surface area contributed by atoms with Gasteiger partial charge < -0.3 is 10.1 Å². The molecule has 98 valence electrons. The maximum Gasteiger partial charge on any atom is 0.133 e. The van der Waals surface area contributed by atoms with Gasteiger partial charge in [0.25, 0.3) is 0 Å². The number of benzene rings is 1. The normalized spacial score (nSPS) is 23.9. The number of rotatable bonds is 4.